The Balaban J connectivity index is 1.59. The number of hydrogen-bond donors (Lipinski definition) is 2. The predicted octanol–water partition coefficient (Wildman–Crippen LogP) is 2.32. The highest BCUT2D eigenvalue weighted by Gasteiger charge is 2.21. The number of fused-ring (bicyclic) bond motifs is 2. The molecule has 2 N–H and O–H groups in total. The fourth-order valence-electron chi connectivity index (χ4n) is 2.64. The van der Waals surface area contributed by atoms with Crippen LogP contribution in [0.15, 0.2) is 36.7 Å². The number of nitrogens with one attached hydrogen (secondary N) is 2. The first-order valence-corrected chi connectivity index (χ1v) is 8.18. The van der Waals surface area contributed by atoms with E-state index >= 15 is 0 Å². The highest BCUT2D eigenvalue weighted by atomic mass is 32.1. The summed E-state index contributed by atoms with van der Waals surface area (Å²) in [6.45, 7) is 0.668. The fourth-order valence-corrected chi connectivity index (χ4v) is 3.56. The molecule has 0 radical (unpaired) electrons. The summed E-state index contributed by atoms with van der Waals surface area (Å²) in [4.78, 5) is 29.3. The second-order valence-electron chi connectivity index (χ2n) is 5.37. The maximum absolute atomic E-state index is 12.4. The van der Waals surface area contributed by atoms with Gasteiger partial charge < -0.3 is 9.72 Å². The van der Waals surface area contributed by atoms with Gasteiger partial charge in [-0.1, -0.05) is 17.4 Å². The van der Waals surface area contributed by atoms with E-state index in [1.54, 1.807) is 6.20 Å². The average molecular weight is 326 g/mol. The molecule has 6 nitrogen and oxygen atoms in total. The van der Waals surface area contributed by atoms with Crippen molar-refractivity contribution in [2.45, 2.75) is 12.8 Å². The Hall–Kier alpha value is -2.67. The standard InChI is InChI=1S/C16H14N4O2S/c21-14(10-8-11-4-1-2-7-20(11)9-10)19-16-18-12-5-3-6-17-15(22)13(12)23-16/h1-2,4,7-9H,3,5-6H2,(H,17,22)(H,18,19,21). The molecule has 0 saturated carbocycles. The van der Waals surface area contributed by atoms with Crippen molar-refractivity contribution in [1.29, 1.82) is 0 Å². The number of aryl methyl sites for hydroxylation is 1. The number of hydrogen-bond acceptors (Lipinski definition) is 4. The Kier molecular flexibility index (Phi) is 3.34. The lowest BCUT2D eigenvalue weighted by molar-refractivity contribution is 0.0958. The summed E-state index contributed by atoms with van der Waals surface area (Å²) in [5, 5.41) is 6.09. The number of pyridine rings is 1. The predicted molar refractivity (Wildman–Crippen MR) is 88.1 cm³/mol. The molecule has 0 atom stereocenters. The van der Waals surface area contributed by atoms with Gasteiger partial charge in [-0.15, -0.1) is 0 Å². The summed E-state index contributed by atoms with van der Waals surface area (Å²) in [5.74, 6) is -0.330. The second-order valence-corrected chi connectivity index (χ2v) is 6.37. The van der Waals surface area contributed by atoms with E-state index in [1.807, 2.05) is 34.9 Å². The van der Waals surface area contributed by atoms with Crippen LogP contribution in [0.3, 0.4) is 0 Å². The first kappa shape index (κ1) is 14.0. The summed E-state index contributed by atoms with van der Waals surface area (Å²) in [5.41, 5.74) is 2.28. The molecule has 1 aliphatic rings. The van der Waals surface area contributed by atoms with Gasteiger partial charge in [0.1, 0.15) is 4.88 Å². The smallest absolute Gasteiger partial charge is 0.263 e. The van der Waals surface area contributed by atoms with Gasteiger partial charge in [-0.2, -0.15) is 0 Å². The summed E-state index contributed by atoms with van der Waals surface area (Å²) in [6, 6.07) is 7.59. The molecule has 0 saturated heterocycles. The second kappa shape index (κ2) is 5.51. The molecule has 2 amide bonds. The fraction of sp³-hybridized carbons (Fsp3) is 0.188. The average Bonchev–Trinajstić information content (AvgIpc) is 3.11. The highest BCUT2D eigenvalue weighted by Crippen LogP contribution is 2.26. The van der Waals surface area contributed by atoms with Crippen molar-refractivity contribution < 1.29 is 9.59 Å². The minimum Gasteiger partial charge on any atom is -0.351 e. The molecule has 3 aromatic heterocycles. The normalized spacial score (nSPS) is 14.2. The largest absolute Gasteiger partial charge is 0.351 e. The topological polar surface area (TPSA) is 75.5 Å². The van der Waals surface area contributed by atoms with Crippen LogP contribution in [0.5, 0.6) is 0 Å². The molecule has 1 aliphatic heterocycles. The molecule has 0 spiro atoms. The number of rotatable bonds is 2. The molecule has 0 aromatic carbocycles. The molecule has 4 rings (SSSR count). The summed E-state index contributed by atoms with van der Waals surface area (Å²) < 4.78 is 1.89. The first-order chi connectivity index (χ1) is 11.2. The van der Waals surface area contributed by atoms with Crippen molar-refractivity contribution in [2.24, 2.45) is 0 Å². The van der Waals surface area contributed by atoms with Gasteiger partial charge in [-0.3, -0.25) is 14.9 Å². The quantitative estimate of drug-likeness (QED) is 0.759. The zero-order chi connectivity index (χ0) is 15.8. The molecule has 0 aliphatic carbocycles. The summed E-state index contributed by atoms with van der Waals surface area (Å²) >= 11 is 1.22. The molecule has 3 aromatic rings. The number of carbonyl (C=O) groups is 2. The number of anilines is 1. The van der Waals surface area contributed by atoms with E-state index in [4.69, 9.17) is 0 Å². The van der Waals surface area contributed by atoms with Crippen molar-refractivity contribution in [3.63, 3.8) is 0 Å². The van der Waals surface area contributed by atoms with Crippen molar-refractivity contribution in [3.05, 3.63) is 52.8 Å². The van der Waals surface area contributed by atoms with Crippen LogP contribution in [-0.4, -0.2) is 27.7 Å². The summed E-state index contributed by atoms with van der Waals surface area (Å²) in [6.07, 6.45) is 5.27. The number of thiazole rings is 1. The number of aromatic nitrogens is 2. The van der Waals surface area contributed by atoms with E-state index in [-0.39, 0.29) is 11.8 Å². The maximum Gasteiger partial charge on any atom is 0.263 e. The number of carbonyl (C=O) groups excluding carboxylic acids is 2. The molecule has 116 valence electrons. The van der Waals surface area contributed by atoms with Gasteiger partial charge in [0.25, 0.3) is 11.8 Å². The Morgan fingerprint density at radius 3 is 3.17 bits per heavy atom. The van der Waals surface area contributed by atoms with Crippen LogP contribution in [0.2, 0.25) is 0 Å². The number of nitrogens with zero attached hydrogens (tertiary/aromatic N) is 2. The van der Waals surface area contributed by atoms with Crippen LogP contribution in [0, 0.1) is 0 Å². The summed E-state index contributed by atoms with van der Waals surface area (Å²) in [7, 11) is 0. The first-order valence-electron chi connectivity index (χ1n) is 7.37. The van der Waals surface area contributed by atoms with E-state index in [0.29, 0.717) is 22.1 Å². The molecule has 4 heterocycles. The van der Waals surface area contributed by atoms with Crippen LogP contribution >= 0.6 is 11.3 Å². The van der Waals surface area contributed by atoms with Crippen LogP contribution in [0.4, 0.5) is 5.13 Å². The van der Waals surface area contributed by atoms with Gasteiger partial charge in [0.2, 0.25) is 0 Å². The Morgan fingerprint density at radius 2 is 2.30 bits per heavy atom. The third kappa shape index (κ3) is 2.59. The van der Waals surface area contributed by atoms with Crippen molar-refractivity contribution in [2.75, 3.05) is 11.9 Å². The van der Waals surface area contributed by atoms with Gasteiger partial charge in [0.15, 0.2) is 5.13 Å². The molecule has 0 unspecified atom stereocenters. The minimum absolute atomic E-state index is 0.106. The minimum atomic E-state index is -0.224. The van der Waals surface area contributed by atoms with Gasteiger partial charge in [0, 0.05) is 24.5 Å². The van der Waals surface area contributed by atoms with E-state index in [2.05, 4.69) is 15.6 Å². The van der Waals surface area contributed by atoms with E-state index in [0.717, 1.165) is 24.1 Å². The van der Waals surface area contributed by atoms with Gasteiger partial charge in [-0.05, 0) is 31.0 Å². The molecular formula is C16H14N4O2S. The molecule has 0 bridgehead atoms. The van der Waals surface area contributed by atoms with Crippen molar-refractivity contribution in [1.82, 2.24) is 14.7 Å². The van der Waals surface area contributed by atoms with E-state index < -0.39 is 0 Å². The van der Waals surface area contributed by atoms with Crippen molar-refractivity contribution in [3.8, 4) is 0 Å². The molecular weight excluding hydrogens is 312 g/mol. The van der Waals surface area contributed by atoms with Gasteiger partial charge in [0.05, 0.1) is 11.3 Å². The van der Waals surface area contributed by atoms with Crippen LogP contribution < -0.4 is 10.6 Å². The highest BCUT2D eigenvalue weighted by molar-refractivity contribution is 7.17. The zero-order valence-corrected chi connectivity index (χ0v) is 13.0. The van der Waals surface area contributed by atoms with Crippen LogP contribution in [0.25, 0.3) is 5.52 Å². The Labute approximate surface area is 136 Å². The monoisotopic (exact) mass is 326 g/mol. The lowest BCUT2D eigenvalue weighted by atomic mass is 10.2. The lowest BCUT2D eigenvalue weighted by Crippen LogP contribution is -2.21. The van der Waals surface area contributed by atoms with Gasteiger partial charge >= 0.3 is 0 Å². The molecule has 23 heavy (non-hydrogen) atoms. The Bertz CT molecular complexity index is 879. The molecule has 7 heteroatoms. The number of amides is 2. The SMILES string of the molecule is O=C(Nc1nc2c(s1)C(=O)NCCC2)c1cc2ccccn2c1. The van der Waals surface area contributed by atoms with Crippen LogP contribution in [0.1, 0.15) is 32.1 Å². The third-order valence-electron chi connectivity index (χ3n) is 3.77. The van der Waals surface area contributed by atoms with Crippen LogP contribution in [-0.2, 0) is 6.42 Å². The van der Waals surface area contributed by atoms with Crippen molar-refractivity contribution >= 4 is 33.8 Å². The van der Waals surface area contributed by atoms with E-state index in [9.17, 15) is 9.59 Å². The lowest BCUT2D eigenvalue weighted by Gasteiger charge is -1.99. The Morgan fingerprint density at radius 1 is 1.39 bits per heavy atom. The molecule has 0 fully saturated rings. The zero-order valence-electron chi connectivity index (χ0n) is 12.2. The van der Waals surface area contributed by atoms with E-state index in [1.165, 1.54) is 11.3 Å². The third-order valence-corrected chi connectivity index (χ3v) is 4.78. The maximum atomic E-state index is 12.4. The van der Waals surface area contributed by atoms with Gasteiger partial charge in [-0.25, -0.2) is 4.98 Å².